The fourth-order valence-electron chi connectivity index (χ4n) is 2.59. The van der Waals surface area contributed by atoms with Crippen molar-refractivity contribution in [2.75, 3.05) is 14.1 Å². The molecule has 0 amide bonds. The highest BCUT2D eigenvalue weighted by molar-refractivity contribution is 7.97. The molecule has 0 atom stereocenters. The molecule has 136 valence electrons. The Morgan fingerprint density at radius 3 is 2.27 bits per heavy atom. The standard InChI is InChI=1S/C22H25NO2S/c1-23(2)14-21-12-13-22(25-21)17-26-16-19-8-10-20(11-9-19)24-15-18-6-4-3-5-7-18/h3-13H,14-17H2,1-2H3. The zero-order valence-electron chi connectivity index (χ0n) is 15.4. The molecule has 2 aromatic carbocycles. The summed E-state index contributed by atoms with van der Waals surface area (Å²) in [6, 6.07) is 22.7. The van der Waals surface area contributed by atoms with E-state index in [0.717, 1.165) is 35.3 Å². The van der Waals surface area contributed by atoms with Gasteiger partial charge in [0, 0.05) is 5.75 Å². The summed E-state index contributed by atoms with van der Waals surface area (Å²) in [5.74, 6) is 4.81. The van der Waals surface area contributed by atoms with Crippen LogP contribution < -0.4 is 4.74 Å². The van der Waals surface area contributed by atoms with Gasteiger partial charge in [-0.3, -0.25) is 0 Å². The molecule has 0 unspecified atom stereocenters. The number of furan rings is 1. The van der Waals surface area contributed by atoms with Crippen LogP contribution in [-0.4, -0.2) is 19.0 Å². The van der Waals surface area contributed by atoms with E-state index in [-0.39, 0.29) is 0 Å². The fourth-order valence-corrected chi connectivity index (χ4v) is 3.48. The quantitative estimate of drug-likeness (QED) is 0.509. The third-order valence-electron chi connectivity index (χ3n) is 3.87. The van der Waals surface area contributed by atoms with Crippen LogP contribution >= 0.6 is 11.8 Å². The van der Waals surface area contributed by atoms with E-state index in [1.807, 2.05) is 56.2 Å². The normalized spacial score (nSPS) is 11.0. The third-order valence-corrected chi connectivity index (χ3v) is 4.90. The molecular formula is C22H25NO2S. The maximum Gasteiger partial charge on any atom is 0.119 e. The lowest BCUT2D eigenvalue weighted by Crippen LogP contribution is -2.09. The predicted octanol–water partition coefficient (Wildman–Crippen LogP) is 5.35. The van der Waals surface area contributed by atoms with Gasteiger partial charge in [0.25, 0.3) is 0 Å². The summed E-state index contributed by atoms with van der Waals surface area (Å²) < 4.78 is 11.7. The highest BCUT2D eigenvalue weighted by atomic mass is 32.2. The number of ether oxygens (including phenoxy) is 1. The van der Waals surface area contributed by atoms with Gasteiger partial charge in [-0.05, 0) is 49.5 Å². The zero-order chi connectivity index (χ0) is 18.2. The summed E-state index contributed by atoms with van der Waals surface area (Å²) in [6.07, 6.45) is 0. The topological polar surface area (TPSA) is 25.6 Å². The number of rotatable bonds is 9. The lowest BCUT2D eigenvalue weighted by Gasteiger charge is -2.07. The van der Waals surface area contributed by atoms with Gasteiger partial charge >= 0.3 is 0 Å². The molecule has 26 heavy (non-hydrogen) atoms. The Morgan fingerprint density at radius 2 is 1.54 bits per heavy atom. The van der Waals surface area contributed by atoms with Crippen molar-refractivity contribution in [2.45, 2.75) is 24.7 Å². The first-order valence-electron chi connectivity index (χ1n) is 8.75. The number of thioether (sulfide) groups is 1. The Labute approximate surface area is 160 Å². The molecule has 1 aromatic heterocycles. The highest BCUT2D eigenvalue weighted by Crippen LogP contribution is 2.22. The van der Waals surface area contributed by atoms with E-state index < -0.39 is 0 Å². The first kappa shape index (κ1) is 18.6. The molecule has 0 N–H and O–H groups in total. The fraction of sp³-hybridized carbons (Fsp3) is 0.273. The molecule has 0 saturated heterocycles. The van der Waals surface area contributed by atoms with Crippen molar-refractivity contribution in [3.63, 3.8) is 0 Å². The minimum atomic E-state index is 0.600. The lowest BCUT2D eigenvalue weighted by molar-refractivity contribution is 0.306. The van der Waals surface area contributed by atoms with Crippen molar-refractivity contribution in [3.8, 4) is 5.75 Å². The molecule has 0 aliphatic carbocycles. The van der Waals surface area contributed by atoms with Crippen LogP contribution in [0.4, 0.5) is 0 Å². The molecular weight excluding hydrogens is 342 g/mol. The van der Waals surface area contributed by atoms with Crippen molar-refractivity contribution in [1.29, 1.82) is 0 Å². The average Bonchev–Trinajstić information content (AvgIpc) is 3.08. The predicted molar refractivity (Wildman–Crippen MR) is 108 cm³/mol. The van der Waals surface area contributed by atoms with Crippen molar-refractivity contribution >= 4 is 11.8 Å². The third kappa shape index (κ3) is 5.97. The summed E-state index contributed by atoms with van der Waals surface area (Å²) in [4.78, 5) is 2.11. The van der Waals surface area contributed by atoms with Gasteiger partial charge in [0.2, 0.25) is 0 Å². The van der Waals surface area contributed by atoms with Gasteiger partial charge in [-0.2, -0.15) is 0 Å². The SMILES string of the molecule is CN(C)Cc1ccc(CSCc2ccc(OCc3ccccc3)cc2)o1. The number of nitrogens with zero attached hydrogens (tertiary/aromatic N) is 1. The monoisotopic (exact) mass is 367 g/mol. The van der Waals surface area contributed by atoms with Gasteiger partial charge in [0.05, 0.1) is 12.3 Å². The van der Waals surface area contributed by atoms with Crippen LogP contribution in [0.25, 0.3) is 0 Å². The maximum atomic E-state index is 5.84. The van der Waals surface area contributed by atoms with Gasteiger partial charge in [-0.1, -0.05) is 42.5 Å². The summed E-state index contributed by atoms with van der Waals surface area (Å²) in [5.41, 5.74) is 2.47. The Hall–Kier alpha value is -2.17. The number of hydrogen-bond acceptors (Lipinski definition) is 4. The van der Waals surface area contributed by atoms with E-state index in [2.05, 4.69) is 41.3 Å². The van der Waals surface area contributed by atoms with Crippen LogP contribution in [0.1, 0.15) is 22.6 Å². The van der Waals surface area contributed by atoms with E-state index in [1.54, 1.807) is 0 Å². The molecule has 0 bridgehead atoms. The first-order chi connectivity index (χ1) is 12.7. The summed E-state index contributed by atoms with van der Waals surface area (Å²) in [7, 11) is 4.09. The van der Waals surface area contributed by atoms with Gasteiger partial charge in [0.15, 0.2) is 0 Å². The molecule has 4 heteroatoms. The van der Waals surface area contributed by atoms with Crippen molar-refractivity contribution in [2.24, 2.45) is 0 Å². The van der Waals surface area contributed by atoms with Gasteiger partial charge in [-0.15, -0.1) is 11.8 Å². The van der Waals surface area contributed by atoms with Crippen molar-refractivity contribution in [1.82, 2.24) is 4.90 Å². The molecule has 0 aliphatic rings. The molecule has 1 heterocycles. The molecule has 0 aliphatic heterocycles. The van der Waals surface area contributed by atoms with Crippen LogP contribution in [0, 0.1) is 0 Å². The Kier molecular flexibility index (Phi) is 6.81. The second-order valence-electron chi connectivity index (χ2n) is 6.52. The Balaban J connectivity index is 1.42. The van der Waals surface area contributed by atoms with Crippen molar-refractivity contribution in [3.05, 3.63) is 89.4 Å². The van der Waals surface area contributed by atoms with E-state index >= 15 is 0 Å². The van der Waals surface area contributed by atoms with Gasteiger partial charge in [0.1, 0.15) is 23.9 Å². The average molecular weight is 368 g/mol. The second-order valence-corrected chi connectivity index (χ2v) is 7.50. The Morgan fingerprint density at radius 1 is 0.808 bits per heavy atom. The summed E-state index contributed by atoms with van der Waals surface area (Å²) >= 11 is 1.86. The second kappa shape index (κ2) is 9.51. The van der Waals surface area contributed by atoms with E-state index in [4.69, 9.17) is 9.15 Å². The van der Waals surface area contributed by atoms with Crippen LogP contribution in [0.5, 0.6) is 5.75 Å². The van der Waals surface area contributed by atoms with Gasteiger partial charge in [-0.25, -0.2) is 0 Å². The molecule has 0 fully saturated rings. The van der Waals surface area contributed by atoms with E-state index in [1.165, 1.54) is 11.1 Å². The van der Waals surface area contributed by atoms with Crippen LogP contribution in [0.2, 0.25) is 0 Å². The Bertz CT molecular complexity index is 781. The molecule has 3 aromatic rings. The highest BCUT2D eigenvalue weighted by Gasteiger charge is 2.04. The minimum absolute atomic E-state index is 0.600. The first-order valence-corrected chi connectivity index (χ1v) is 9.90. The summed E-state index contributed by atoms with van der Waals surface area (Å²) in [5, 5.41) is 0. The lowest BCUT2D eigenvalue weighted by atomic mass is 10.2. The molecule has 0 saturated carbocycles. The molecule has 0 spiro atoms. The number of benzene rings is 2. The smallest absolute Gasteiger partial charge is 0.119 e. The van der Waals surface area contributed by atoms with Crippen LogP contribution in [-0.2, 0) is 24.7 Å². The molecule has 0 radical (unpaired) electrons. The number of hydrogen-bond donors (Lipinski definition) is 0. The van der Waals surface area contributed by atoms with Crippen molar-refractivity contribution < 1.29 is 9.15 Å². The largest absolute Gasteiger partial charge is 0.489 e. The summed E-state index contributed by atoms with van der Waals surface area (Å²) in [6.45, 7) is 1.44. The maximum absolute atomic E-state index is 5.84. The van der Waals surface area contributed by atoms with Gasteiger partial charge < -0.3 is 14.1 Å². The van der Waals surface area contributed by atoms with E-state index in [0.29, 0.717) is 6.61 Å². The minimum Gasteiger partial charge on any atom is -0.489 e. The van der Waals surface area contributed by atoms with Crippen LogP contribution in [0.3, 0.4) is 0 Å². The molecule has 3 nitrogen and oxygen atoms in total. The van der Waals surface area contributed by atoms with E-state index in [9.17, 15) is 0 Å². The zero-order valence-corrected chi connectivity index (χ0v) is 16.2. The van der Waals surface area contributed by atoms with Crippen LogP contribution in [0.15, 0.2) is 71.1 Å². The molecule has 3 rings (SSSR count).